The topological polar surface area (TPSA) is 41.1 Å². The lowest BCUT2D eigenvalue weighted by Crippen LogP contribution is -2.54. The SMILES string of the molecule is CCCC(C)(C)NC(C)C(=O)NC(C)(C)C. The first kappa shape index (κ1) is 15.4. The summed E-state index contributed by atoms with van der Waals surface area (Å²) in [5, 5.41) is 6.35. The fraction of sp³-hybridized carbons (Fsp3) is 0.923. The maximum Gasteiger partial charge on any atom is 0.237 e. The molecule has 0 spiro atoms. The monoisotopic (exact) mass is 228 g/mol. The third kappa shape index (κ3) is 6.83. The molecule has 0 saturated heterocycles. The van der Waals surface area contributed by atoms with E-state index >= 15 is 0 Å². The molecule has 0 aliphatic heterocycles. The normalized spacial score (nSPS) is 14.7. The van der Waals surface area contributed by atoms with Crippen molar-refractivity contribution in [1.82, 2.24) is 10.6 Å². The highest BCUT2D eigenvalue weighted by Crippen LogP contribution is 2.12. The van der Waals surface area contributed by atoms with E-state index in [1.54, 1.807) is 0 Å². The summed E-state index contributed by atoms with van der Waals surface area (Å²) in [7, 11) is 0. The fourth-order valence-corrected chi connectivity index (χ4v) is 1.83. The predicted molar refractivity (Wildman–Crippen MR) is 69.5 cm³/mol. The fourth-order valence-electron chi connectivity index (χ4n) is 1.83. The number of carbonyl (C=O) groups is 1. The van der Waals surface area contributed by atoms with E-state index in [2.05, 4.69) is 31.4 Å². The summed E-state index contributed by atoms with van der Waals surface area (Å²) in [5.74, 6) is 0.0664. The van der Waals surface area contributed by atoms with Gasteiger partial charge in [-0.25, -0.2) is 0 Å². The predicted octanol–water partition coefficient (Wildman–Crippen LogP) is 2.46. The standard InChI is InChI=1S/C13H28N2O/c1-8-9-13(6,7)14-10(2)11(16)15-12(3,4)5/h10,14H,8-9H2,1-7H3,(H,15,16). The summed E-state index contributed by atoms with van der Waals surface area (Å²) in [6.07, 6.45) is 2.19. The van der Waals surface area contributed by atoms with E-state index in [1.165, 1.54) is 0 Å². The third-order valence-corrected chi connectivity index (χ3v) is 2.37. The molecule has 2 N–H and O–H groups in total. The number of rotatable bonds is 5. The minimum Gasteiger partial charge on any atom is -0.350 e. The van der Waals surface area contributed by atoms with Gasteiger partial charge in [0.05, 0.1) is 6.04 Å². The van der Waals surface area contributed by atoms with Gasteiger partial charge >= 0.3 is 0 Å². The Morgan fingerprint density at radius 3 is 2.06 bits per heavy atom. The quantitative estimate of drug-likeness (QED) is 0.759. The Morgan fingerprint density at radius 2 is 1.69 bits per heavy atom. The van der Waals surface area contributed by atoms with Gasteiger partial charge in [0.15, 0.2) is 0 Å². The van der Waals surface area contributed by atoms with Crippen molar-refractivity contribution in [2.45, 2.75) is 78.4 Å². The molecule has 0 saturated carbocycles. The van der Waals surface area contributed by atoms with Crippen LogP contribution in [0.2, 0.25) is 0 Å². The molecule has 0 aromatic carbocycles. The zero-order valence-electron chi connectivity index (χ0n) is 11.9. The molecule has 0 rings (SSSR count). The second kappa shape index (κ2) is 5.67. The maximum absolute atomic E-state index is 11.9. The Labute approximate surface area is 100 Å². The summed E-state index contributed by atoms with van der Waals surface area (Å²) in [6.45, 7) is 14.3. The minimum absolute atomic E-state index is 0.0173. The van der Waals surface area contributed by atoms with Crippen LogP contribution in [-0.2, 0) is 4.79 Å². The number of hydrogen-bond donors (Lipinski definition) is 2. The highest BCUT2D eigenvalue weighted by atomic mass is 16.2. The van der Waals surface area contributed by atoms with Gasteiger partial charge in [0, 0.05) is 11.1 Å². The van der Waals surface area contributed by atoms with Gasteiger partial charge < -0.3 is 10.6 Å². The van der Waals surface area contributed by atoms with E-state index in [0.29, 0.717) is 0 Å². The van der Waals surface area contributed by atoms with Gasteiger partial charge in [-0.2, -0.15) is 0 Å². The molecule has 0 bridgehead atoms. The summed E-state index contributed by atoms with van der Waals surface area (Å²) in [5.41, 5.74) is -0.148. The highest BCUT2D eigenvalue weighted by Gasteiger charge is 2.24. The first-order valence-electron chi connectivity index (χ1n) is 6.17. The van der Waals surface area contributed by atoms with Crippen molar-refractivity contribution in [3.05, 3.63) is 0 Å². The van der Waals surface area contributed by atoms with Gasteiger partial charge in [-0.15, -0.1) is 0 Å². The molecular formula is C13H28N2O. The lowest BCUT2D eigenvalue weighted by molar-refractivity contribution is -0.124. The van der Waals surface area contributed by atoms with E-state index < -0.39 is 0 Å². The van der Waals surface area contributed by atoms with Crippen LogP contribution in [0.5, 0.6) is 0 Å². The molecule has 1 unspecified atom stereocenters. The minimum atomic E-state index is -0.165. The average Bonchev–Trinajstić information content (AvgIpc) is 1.99. The van der Waals surface area contributed by atoms with E-state index in [4.69, 9.17) is 0 Å². The van der Waals surface area contributed by atoms with Crippen LogP contribution in [0.15, 0.2) is 0 Å². The van der Waals surface area contributed by atoms with Crippen LogP contribution >= 0.6 is 0 Å². The van der Waals surface area contributed by atoms with Gasteiger partial charge in [-0.1, -0.05) is 13.3 Å². The van der Waals surface area contributed by atoms with Gasteiger partial charge in [0.2, 0.25) is 5.91 Å². The smallest absolute Gasteiger partial charge is 0.237 e. The summed E-state index contributed by atoms with van der Waals surface area (Å²) < 4.78 is 0. The molecule has 3 nitrogen and oxygen atoms in total. The van der Waals surface area contributed by atoms with Crippen molar-refractivity contribution in [3.8, 4) is 0 Å². The molecule has 0 heterocycles. The largest absolute Gasteiger partial charge is 0.350 e. The number of hydrogen-bond acceptors (Lipinski definition) is 2. The Bertz CT molecular complexity index is 229. The molecule has 3 heteroatoms. The van der Waals surface area contributed by atoms with Crippen molar-refractivity contribution in [2.75, 3.05) is 0 Å². The Hall–Kier alpha value is -0.570. The van der Waals surface area contributed by atoms with Gasteiger partial charge in [0.25, 0.3) is 0 Å². The summed E-state index contributed by atoms with van der Waals surface area (Å²) in [6, 6.07) is -0.152. The van der Waals surface area contributed by atoms with Crippen LogP contribution in [-0.4, -0.2) is 23.0 Å². The van der Waals surface area contributed by atoms with E-state index in [9.17, 15) is 4.79 Å². The van der Waals surface area contributed by atoms with Gasteiger partial charge in [0.1, 0.15) is 0 Å². The third-order valence-electron chi connectivity index (χ3n) is 2.37. The highest BCUT2D eigenvalue weighted by molar-refractivity contribution is 5.82. The van der Waals surface area contributed by atoms with Crippen molar-refractivity contribution < 1.29 is 4.79 Å². The first-order valence-corrected chi connectivity index (χ1v) is 6.17. The maximum atomic E-state index is 11.9. The zero-order valence-corrected chi connectivity index (χ0v) is 11.9. The van der Waals surface area contributed by atoms with Crippen LogP contribution in [0.4, 0.5) is 0 Å². The van der Waals surface area contributed by atoms with Crippen LogP contribution in [0.3, 0.4) is 0 Å². The summed E-state index contributed by atoms with van der Waals surface area (Å²) >= 11 is 0. The number of carbonyl (C=O) groups excluding carboxylic acids is 1. The molecule has 1 atom stereocenters. The molecule has 96 valence electrons. The molecular weight excluding hydrogens is 200 g/mol. The molecule has 0 aliphatic carbocycles. The van der Waals surface area contributed by atoms with Crippen LogP contribution in [0.1, 0.15) is 61.3 Å². The van der Waals surface area contributed by atoms with Crippen molar-refractivity contribution in [1.29, 1.82) is 0 Å². The number of amides is 1. The van der Waals surface area contributed by atoms with Crippen LogP contribution in [0.25, 0.3) is 0 Å². The van der Waals surface area contributed by atoms with Gasteiger partial charge in [-0.05, 0) is 48.0 Å². The molecule has 1 amide bonds. The van der Waals surface area contributed by atoms with Crippen molar-refractivity contribution in [3.63, 3.8) is 0 Å². The van der Waals surface area contributed by atoms with Crippen LogP contribution in [0, 0.1) is 0 Å². The van der Waals surface area contributed by atoms with Gasteiger partial charge in [-0.3, -0.25) is 4.79 Å². The van der Waals surface area contributed by atoms with E-state index in [1.807, 2.05) is 27.7 Å². The average molecular weight is 228 g/mol. The molecule has 0 radical (unpaired) electrons. The first-order chi connectivity index (χ1) is 7.07. The molecule has 0 aromatic heterocycles. The Morgan fingerprint density at radius 1 is 1.19 bits per heavy atom. The molecule has 0 aromatic rings. The van der Waals surface area contributed by atoms with E-state index in [-0.39, 0.29) is 23.0 Å². The molecule has 16 heavy (non-hydrogen) atoms. The van der Waals surface area contributed by atoms with E-state index in [0.717, 1.165) is 12.8 Å². The van der Waals surface area contributed by atoms with Crippen molar-refractivity contribution in [2.24, 2.45) is 0 Å². The lowest BCUT2D eigenvalue weighted by atomic mass is 9.97. The van der Waals surface area contributed by atoms with Crippen molar-refractivity contribution >= 4 is 5.91 Å². The zero-order chi connectivity index (χ0) is 13.0. The summed E-state index contributed by atoms with van der Waals surface area (Å²) in [4.78, 5) is 11.9. The Balaban J connectivity index is 4.25. The Kier molecular flexibility index (Phi) is 5.47. The second-order valence-corrected chi connectivity index (χ2v) is 6.24. The lowest BCUT2D eigenvalue weighted by Gasteiger charge is -2.31. The number of nitrogens with one attached hydrogen (secondary N) is 2. The molecule has 0 aliphatic rings. The second-order valence-electron chi connectivity index (χ2n) is 6.24. The van der Waals surface area contributed by atoms with Crippen LogP contribution < -0.4 is 10.6 Å². The molecule has 0 fully saturated rings.